The van der Waals surface area contributed by atoms with Gasteiger partial charge in [-0.3, -0.25) is 9.69 Å². The van der Waals surface area contributed by atoms with Crippen LogP contribution in [0.5, 0.6) is 0 Å². The maximum atomic E-state index is 12.6. The second-order valence-corrected chi connectivity index (χ2v) is 6.85. The largest absolute Gasteiger partial charge is 0.401 e. The third-order valence-corrected chi connectivity index (χ3v) is 4.99. The first-order valence-corrected chi connectivity index (χ1v) is 8.61. The van der Waals surface area contributed by atoms with Crippen LogP contribution < -0.4 is 5.32 Å². The van der Waals surface area contributed by atoms with E-state index >= 15 is 0 Å². The lowest BCUT2D eigenvalue weighted by molar-refractivity contribution is -0.155. The number of nitrogens with one attached hydrogen (secondary N) is 1. The van der Waals surface area contributed by atoms with Crippen LogP contribution in [0.25, 0.3) is 0 Å². The van der Waals surface area contributed by atoms with Gasteiger partial charge in [0.25, 0.3) is 0 Å². The summed E-state index contributed by atoms with van der Waals surface area (Å²) in [6, 6.07) is 0. The van der Waals surface area contributed by atoms with E-state index in [1.54, 1.807) is 0 Å². The molecule has 2 aliphatic heterocycles. The average Bonchev–Trinajstić information content (AvgIpc) is 2.51. The van der Waals surface area contributed by atoms with E-state index in [1.807, 2.05) is 11.9 Å². The number of hydrogen-bond donors (Lipinski definition) is 1. The van der Waals surface area contributed by atoms with Crippen LogP contribution in [-0.4, -0.2) is 68.2 Å². The molecule has 0 aromatic heterocycles. The predicted octanol–water partition coefficient (Wildman–Crippen LogP) is 2.53. The summed E-state index contributed by atoms with van der Waals surface area (Å²) in [7, 11) is 1.94. The van der Waals surface area contributed by atoms with Crippen LogP contribution in [0, 0.1) is 11.8 Å². The van der Waals surface area contributed by atoms with Gasteiger partial charge in [0.1, 0.15) is 0 Å². The number of rotatable bonds is 5. The van der Waals surface area contributed by atoms with E-state index in [9.17, 15) is 18.0 Å². The predicted molar refractivity (Wildman–Crippen MR) is 90.3 cm³/mol. The van der Waals surface area contributed by atoms with Gasteiger partial charge in [-0.25, -0.2) is 0 Å². The Kier molecular flexibility index (Phi) is 8.81. The van der Waals surface area contributed by atoms with Crippen molar-refractivity contribution in [2.24, 2.45) is 11.8 Å². The number of hydrogen-bond acceptors (Lipinski definition) is 3. The Labute approximate surface area is 148 Å². The van der Waals surface area contributed by atoms with E-state index in [2.05, 4.69) is 5.32 Å². The third-order valence-electron chi connectivity index (χ3n) is 4.99. The van der Waals surface area contributed by atoms with E-state index in [0.29, 0.717) is 25.3 Å². The van der Waals surface area contributed by atoms with Crippen LogP contribution in [0.4, 0.5) is 13.2 Å². The van der Waals surface area contributed by atoms with Crippen LogP contribution in [0.3, 0.4) is 0 Å². The Morgan fingerprint density at radius 1 is 1.17 bits per heavy atom. The molecule has 2 aliphatic rings. The number of carbonyl (C=O) groups is 1. The second-order valence-electron chi connectivity index (χ2n) is 6.85. The number of piperidine rings is 2. The highest BCUT2D eigenvalue weighted by molar-refractivity contribution is 5.85. The van der Waals surface area contributed by atoms with Crippen molar-refractivity contribution in [2.45, 2.75) is 38.3 Å². The van der Waals surface area contributed by atoms with Crippen LogP contribution in [-0.2, 0) is 4.79 Å². The molecule has 2 rings (SSSR count). The highest BCUT2D eigenvalue weighted by Crippen LogP contribution is 2.26. The molecule has 1 N–H and O–H groups in total. The first-order valence-electron chi connectivity index (χ1n) is 8.61. The number of nitrogens with zero attached hydrogens (tertiary/aromatic N) is 2. The highest BCUT2D eigenvalue weighted by atomic mass is 35.5. The Bertz CT molecular complexity index is 387. The van der Waals surface area contributed by atoms with E-state index < -0.39 is 12.7 Å². The molecule has 1 unspecified atom stereocenters. The highest BCUT2D eigenvalue weighted by Gasteiger charge is 2.36. The summed E-state index contributed by atoms with van der Waals surface area (Å²) in [5.74, 6) is 0.448. The van der Waals surface area contributed by atoms with Gasteiger partial charge >= 0.3 is 6.18 Å². The maximum Gasteiger partial charge on any atom is 0.401 e. The van der Waals surface area contributed by atoms with Gasteiger partial charge in [-0.2, -0.15) is 13.2 Å². The standard InChI is InChI=1S/C16H28F3N3O.ClH/c1-20-7-4-13-5-9-22(10-6-13)15(23)14-3-2-8-21(11-14)12-16(17,18)19;/h13-14,20H,2-12H2,1H3;1H. The molecule has 2 saturated heterocycles. The fraction of sp³-hybridized carbons (Fsp3) is 0.938. The molecule has 0 spiro atoms. The van der Waals surface area contributed by atoms with E-state index in [4.69, 9.17) is 0 Å². The molecular weight excluding hydrogens is 343 g/mol. The van der Waals surface area contributed by atoms with E-state index in [1.165, 1.54) is 4.90 Å². The molecule has 0 aromatic rings. The Balaban J connectivity index is 0.00000288. The van der Waals surface area contributed by atoms with Crippen molar-refractivity contribution >= 4 is 18.3 Å². The Morgan fingerprint density at radius 2 is 1.83 bits per heavy atom. The number of carbonyl (C=O) groups excluding carboxylic acids is 1. The molecule has 0 radical (unpaired) electrons. The molecule has 1 amide bonds. The minimum absolute atomic E-state index is 0. The van der Waals surface area contributed by atoms with Gasteiger partial charge < -0.3 is 10.2 Å². The molecule has 0 saturated carbocycles. The molecule has 1 atom stereocenters. The summed E-state index contributed by atoms with van der Waals surface area (Å²) < 4.78 is 37.6. The topological polar surface area (TPSA) is 35.6 Å². The van der Waals surface area contributed by atoms with Crippen molar-refractivity contribution < 1.29 is 18.0 Å². The van der Waals surface area contributed by atoms with Gasteiger partial charge in [0.15, 0.2) is 0 Å². The fourth-order valence-corrected chi connectivity index (χ4v) is 3.70. The number of likely N-dealkylation sites (tertiary alicyclic amines) is 2. The SMILES string of the molecule is CNCCC1CCN(C(=O)C2CCCN(CC(F)(F)F)C2)CC1.Cl. The summed E-state index contributed by atoms with van der Waals surface area (Å²) in [5, 5.41) is 3.15. The average molecular weight is 372 g/mol. The molecule has 24 heavy (non-hydrogen) atoms. The monoisotopic (exact) mass is 371 g/mol. The number of amides is 1. The smallest absolute Gasteiger partial charge is 0.342 e. The van der Waals surface area contributed by atoms with Crippen LogP contribution in [0.15, 0.2) is 0 Å². The zero-order valence-electron chi connectivity index (χ0n) is 14.3. The molecule has 2 heterocycles. The summed E-state index contributed by atoms with van der Waals surface area (Å²) in [4.78, 5) is 15.8. The molecule has 0 aromatic carbocycles. The van der Waals surface area contributed by atoms with E-state index in [0.717, 1.165) is 38.9 Å². The molecular formula is C16H29ClF3N3O. The van der Waals surface area contributed by atoms with Gasteiger partial charge in [0.05, 0.1) is 12.5 Å². The van der Waals surface area contributed by atoms with Crippen molar-refractivity contribution in [2.75, 3.05) is 46.3 Å². The molecule has 8 heteroatoms. The minimum Gasteiger partial charge on any atom is -0.342 e. The summed E-state index contributed by atoms with van der Waals surface area (Å²) in [6.07, 6.45) is 0.342. The molecule has 4 nitrogen and oxygen atoms in total. The van der Waals surface area contributed by atoms with Crippen LogP contribution in [0.2, 0.25) is 0 Å². The van der Waals surface area contributed by atoms with Crippen LogP contribution in [0.1, 0.15) is 32.1 Å². The van der Waals surface area contributed by atoms with Crippen LogP contribution >= 0.6 is 12.4 Å². The first-order chi connectivity index (χ1) is 10.9. The molecule has 0 bridgehead atoms. The first kappa shape index (κ1) is 21.5. The summed E-state index contributed by atoms with van der Waals surface area (Å²) >= 11 is 0. The van der Waals surface area contributed by atoms with Crippen molar-refractivity contribution in [3.05, 3.63) is 0 Å². The maximum absolute atomic E-state index is 12.6. The van der Waals surface area contributed by atoms with Gasteiger partial charge in [0, 0.05) is 19.6 Å². The summed E-state index contributed by atoms with van der Waals surface area (Å²) in [6.45, 7) is 2.29. The molecule has 142 valence electrons. The molecule has 0 aliphatic carbocycles. The zero-order chi connectivity index (χ0) is 16.9. The lowest BCUT2D eigenvalue weighted by atomic mass is 9.91. The normalized spacial score (nSPS) is 23.8. The summed E-state index contributed by atoms with van der Waals surface area (Å²) in [5.41, 5.74) is 0. The van der Waals surface area contributed by atoms with Crippen molar-refractivity contribution in [1.82, 2.24) is 15.1 Å². The van der Waals surface area contributed by atoms with Gasteiger partial charge in [-0.05, 0) is 58.2 Å². The van der Waals surface area contributed by atoms with E-state index in [-0.39, 0.29) is 30.8 Å². The Hall–Kier alpha value is -0.530. The quantitative estimate of drug-likeness (QED) is 0.806. The fourth-order valence-electron chi connectivity index (χ4n) is 3.70. The molecule has 2 fully saturated rings. The van der Waals surface area contributed by atoms with Crippen molar-refractivity contribution in [3.8, 4) is 0 Å². The lowest BCUT2D eigenvalue weighted by Gasteiger charge is -2.38. The van der Waals surface area contributed by atoms with Gasteiger partial charge in [0.2, 0.25) is 5.91 Å². The van der Waals surface area contributed by atoms with Gasteiger partial charge in [-0.15, -0.1) is 12.4 Å². The van der Waals surface area contributed by atoms with Gasteiger partial charge in [-0.1, -0.05) is 0 Å². The Morgan fingerprint density at radius 3 is 2.42 bits per heavy atom. The zero-order valence-corrected chi connectivity index (χ0v) is 15.1. The lowest BCUT2D eigenvalue weighted by Crippen LogP contribution is -2.49. The number of halogens is 4. The number of alkyl halides is 3. The third kappa shape index (κ3) is 6.76. The van der Waals surface area contributed by atoms with Crippen molar-refractivity contribution in [3.63, 3.8) is 0 Å². The van der Waals surface area contributed by atoms with Crippen molar-refractivity contribution in [1.29, 1.82) is 0 Å². The minimum atomic E-state index is -4.18. The second kappa shape index (κ2) is 9.82.